The molecule has 10 atom stereocenters. The molecule has 0 unspecified atom stereocenters. The number of carbonyl (C=O) groups excluding carboxylic acids is 4. The van der Waals surface area contributed by atoms with Crippen LogP contribution >= 0.6 is 0 Å². The molecule has 2 rings (SSSR count). The fourth-order valence-electron chi connectivity index (χ4n) is 3.90. The summed E-state index contributed by atoms with van der Waals surface area (Å²) in [6.07, 6.45) is -11.4. The zero-order chi connectivity index (χ0) is 27.4. The van der Waals surface area contributed by atoms with Crippen LogP contribution in [0.3, 0.4) is 0 Å². The van der Waals surface area contributed by atoms with Crippen molar-refractivity contribution in [3.63, 3.8) is 0 Å². The molecule has 0 aromatic heterocycles. The van der Waals surface area contributed by atoms with Crippen LogP contribution in [0.15, 0.2) is 0 Å². The first-order valence-corrected chi connectivity index (χ1v) is 11.1. The second-order valence-electron chi connectivity index (χ2n) is 8.69. The molecule has 0 bridgehead atoms. The number of hydrogen-bond acceptors (Lipinski definition) is 12. The largest absolute Gasteiger partial charge is 0.388 e. The van der Waals surface area contributed by atoms with Gasteiger partial charge in [0.05, 0.1) is 0 Å². The second kappa shape index (κ2) is 12.2. The predicted molar refractivity (Wildman–Crippen MR) is 116 cm³/mol. The van der Waals surface area contributed by atoms with E-state index in [2.05, 4.69) is 21.3 Å². The summed E-state index contributed by atoms with van der Waals surface area (Å²) in [5.74, 6) is -5.33. The van der Waals surface area contributed by atoms with Gasteiger partial charge in [0, 0.05) is 40.8 Å². The van der Waals surface area contributed by atoms with Crippen LogP contribution in [0.5, 0.6) is 0 Å². The molecule has 2 aliphatic rings. The van der Waals surface area contributed by atoms with Gasteiger partial charge >= 0.3 is 5.97 Å². The molecule has 2 heterocycles. The molecule has 0 aromatic rings. The highest BCUT2D eigenvalue weighted by molar-refractivity contribution is 5.74. The van der Waals surface area contributed by atoms with Crippen LogP contribution in [0, 0.1) is 0 Å². The minimum absolute atomic E-state index is 0.291. The highest BCUT2D eigenvalue weighted by Gasteiger charge is 2.58. The summed E-state index contributed by atoms with van der Waals surface area (Å²) in [7, 11) is 0. The summed E-state index contributed by atoms with van der Waals surface area (Å²) < 4.78 is 16.7. The summed E-state index contributed by atoms with van der Waals surface area (Å²) >= 11 is 0. The van der Waals surface area contributed by atoms with Crippen LogP contribution < -0.4 is 21.3 Å². The number of aliphatic hydroxyl groups excluding tert-OH is 4. The Bertz CT molecular complexity index is 827. The Kier molecular flexibility index (Phi) is 10.1. The lowest BCUT2D eigenvalue weighted by atomic mass is 9.94. The monoisotopic (exact) mass is 522 g/mol. The number of rotatable bonds is 8. The first-order chi connectivity index (χ1) is 16.7. The van der Waals surface area contributed by atoms with Crippen molar-refractivity contribution >= 4 is 23.6 Å². The Balaban J connectivity index is 2.41. The highest BCUT2D eigenvalue weighted by Crippen LogP contribution is 2.33. The molecule has 0 saturated carbocycles. The third-order valence-corrected chi connectivity index (χ3v) is 5.60. The lowest BCUT2D eigenvalue weighted by Crippen LogP contribution is -2.74. The molecule has 206 valence electrons. The van der Waals surface area contributed by atoms with Crippen LogP contribution in [0.1, 0.15) is 27.7 Å². The van der Waals surface area contributed by atoms with Crippen molar-refractivity contribution in [2.75, 3.05) is 13.1 Å². The lowest BCUT2D eigenvalue weighted by molar-refractivity contribution is -0.462. The van der Waals surface area contributed by atoms with Gasteiger partial charge in [-0.3, -0.25) is 23.9 Å². The van der Waals surface area contributed by atoms with Crippen LogP contribution in [-0.2, 0) is 33.4 Å². The van der Waals surface area contributed by atoms with E-state index in [0.717, 1.165) is 13.8 Å². The highest BCUT2D eigenvalue weighted by atomic mass is 16.9. The van der Waals surface area contributed by atoms with Gasteiger partial charge in [0.2, 0.25) is 23.6 Å². The van der Waals surface area contributed by atoms with Crippen molar-refractivity contribution < 1.29 is 58.9 Å². The first kappa shape index (κ1) is 29.8. The van der Waals surface area contributed by atoms with E-state index in [0.29, 0.717) is 0 Å². The van der Waals surface area contributed by atoms with Gasteiger partial charge in [-0.1, -0.05) is 0 Å². The van der Waals surface area contributed by atoms with E-state index in [-0.39, 0.29) is 13.1 Å². The van der Waals surface area contributed by atoms with Gasteiger partial charge in [0.25, 0.3) is 0 Å². The summed E-state index contributed by atoms with van der Waals surface area (Å²) in [5, 5.41) is 62.8. The van der Waals surface area contributed by atoms with Crippen LogP contribution in [0.2, 0.25) is 0 Å². The predicted octanol–water partition coefficient (Wildman–Crippen LogP) is -5.50. The fourth-order valence-corrected chi connectivity index (χ4v) is 3.90. The molecule has 16 heteroatoms. The molecular weight excluding hydrogens is 488 g/mol. The van der Waals surface area contributed by atoms with Crippen LogP contribution in [0.25, 0.3) is 0 Å². The van der Waals surface area contributed by atoms with Crippen LogP contribution in [-0.4, -0.2) is 123 Å². The molecule has 2 aliphatic heterocycles. The summed E-state index contributed by atoms with van der Waals surface area (Å²) in [6, 6.07) is -3.30. The van der Waals surface area contributed by atoms with Crippen molar-refractivity contribution in [2.45, 2.75) is 88.7 Å². The van der Waals surface area contributed by atoms with Gasteiger partial charge in [0.1, 0.15) is 48.7 Å². The molecule has 9 N–H and O–H groups in total. The molecule has 16 nitrogen and oxygen atoms in total. The quantitative estimate of drug-likeness (QED) is 0.136. The third kappa shape index (κ3) is 7.30. The van der Waals surface area contributed by atoms with E-state index in [9.17, 15) is 44.7 Å². The molecule has 0 radical (unpaired) electrons. The average molecular weight is 523 g/mol. The summed E-state index contributed by atoms with van der Waals surface area (Å²) in [6.45, 7) is 3.89. The number of amides is 4. The number of carbonyl (C=O) groups is 4. The fraction of sp³-hybridized carbons (Fsp3) is 0.800. The number of ether oxygens (including phenoxy) is 3. The second-order valence-corrected chi connectivity index (χ2v) is 8.69. The Labute approximate surface area is 206 Å². The zero-order valence-electron chi connectivity index (χ0n) is 20.2. The van der Waals surface area contributed by atoms with Gasteiger partial charge < -0.3 is 56.3 Å². The molecule has 2 fully saturated rings. The summed E-state index contributed by atoms with van der Waals surface area (Å²) in [4.78, 5) is 46.1. The summed E-state index contributed by atoms with van der Waals surface area (Å²) in [5.41, 5.74) is 0. The van der Waals surface area contributed by atoms with E-state index in [4.69, 9.17) is 14.2 Å². The van der Waals surface area contributed by atoms with E-state index >= 15 is 0 Å². The van der Waals surface area contributed by atoms with E-state index in [1.807, 2.05) is 0 Å². The van der Waals surface area contributed by atoms with Gasteiger partial charge in [-0.05, 0) is 0 Å². The standard InChI is InChI=1S/C20H34N4O12/c1-7(25)21-5-11-14(29)16(31)13(23-9(3)27)19(34-11)36-20(33)18(24-10(4)28)17(32)15(30)12(35-20)6-22-8(2)26/h11-19,29-33H,5-6H2,1-4H3,(H,21,25)(H,22,26)(H,23,27)(H,24,28)/t11-,12-,13+,14+,15-,16-,17-,18+,19-,20+/m1/s1. The SMILES string of the molecule is CC(=O)NC[C@H]1O[C@H](O[C@@]2(O)O[C@H](CNC(C)=O)[C@@H](O)[C@@H](O)[C@@H]2NC(C)=O)[C@@H](NC(C)=O)[C@@H](O)[C@H]1O. The number of nitrogens with one attached hydrogen (secondary N) is 4. The van der Waals surface area contributed by atoms with Gasteiger partial charge in [-0.15, -0.1) is 0 Å². The van der Waals surface area contributed by atoms with E-state index in [1.165, 1.54) is 13.8 Å². The Morgan fingerprint density at radius 1 is 0.750 bits per heavy atom. The van der Waals surface area contributed by atoms with E-state index < -0.39 is 84.6 Å². The minimum atomic E-state index is -2.94. The number of aliphatic hydroxyl groups is 5. The number of hydrogen-bond donors (Lipinski definition) is 9. The smallest absolute Gasteiger partial charge is 0.307 e. The molecule has 0 aromatic carbocycles. The molecule has 4 amide bonds. The topological polar surface area (TPSA) is 245 Å². The average Bonchev–Trinajstić information content (AvgIpc) is 2.76. The minimum Gasteiger partial charge on any atom is -0.388 e. The van der Waals surface area contributed by atoms with Crippen molar-refractivity contribution in [1.29, 1.82) is 0 Å². The Hall–Kier alpha value is -2.44. The third-order valence-electron chi connectivity index (χ3n) is 5.60. The molecular formula is C20H34N4O12. The van der Waals surface area contributed by atoms with Gasteiger partial charge in [-0.2, -0.15) is 0 Å². The molecule has 2 saturated heterocycles. The first-order valence-electron chi connectivity index (χ1n) is 11.1. The van der Waals surface area contributed by atoms with Gasteiger partial charge in [-0.25, -0.2) is 0 Å². The lowest BCUT2D eigenvalue weighted by Gasteiger charge is -2.50. The van der Waals surface area contributed by atoms with E-state index in [1.54, 1.807) is 0 Å². The maximum atomic E-state index is 11.8. The normalized spacial score (nSPS) is 38.5. The van der Waals surface area contributed by atoms with Crippen LogP contribution in [0.4, 0.5) is 0 Å². The van der Waals surface area contributed by atoms with Gasteiger partial charge in [0.15, 0.2) is 6.29 Å². The molecule has 0 aliphatic carbocycles. The van der Waals surface area contributed by atoms with Crippen molar-refractivity contribution in [3.8, 4) is 0 Å². The Morgan fingerprint density at radius 3 is 1.75 bits per heavy atom. The van der Waals surface area contributed by atoms with Crippen molar-refractivity contribution in [3.05, 3.63) is 0 Å². The Morgan fingerprint density at radius 2 is 1.25 bits per heavy atom. The van der Waals surface area contributed by atoms with Crippen molar-refractivity contribution in [1.82, 2.24) is 21.3 Å². The molecule has 0 spiro atoms. The van der Waals surface area contributed by atoms with Crippen molar-refractivity contribution in [2.24, 2.45) is 0 Å². The zero-order valence-corrected chi connectivity index (χ0v) is 20.2. The maximum absolute atomic E-state index is 11.8. The maximum Gasteiger partial charge on any atom is 0.307 e. The molecule has 36 heavy (non-hydrogen) atoms.